The molecule has 168 valence electrons. The molecule has 10 heteroatoms. The van der Waals surface area contributed by atoms with E-state index in [4.69, 9.17) is 4.74 Å². The van der Waals surface area contributed by atoms with E-state index in [1.807, 2.05) is 0 Å². The molecule has 1 amide bonds. The van der Waals surface area contributed by atoms with Gasteiger partial charge in [0.2, 0.25) is 0 Å². The number of nitrogens with zero attached hydrogens (tertiary/aromatic N) is 2. The van der Waals surface area contributed by atoms with Crippen LogP contribution in [-0.2, 0) is 4.74 Å². The summed E-state index contributed by atoms with van der Waals surface area (Å²) in [5.41, 5.74) is 0.608. The smallest absolute Gasteiger partial charge is 0.440 e. The second-order valence-corrected chi connectivity index (χ2v) is 8.14. The number of aromatic nitrogens is 2. The van der Waals surface area contributed by atoms with Crippen LogP contribution in [0.4, 0.5) is 28.0 Å². The van der Waals surface area contributed by atoms with E-state index in [1.165, 1.54) is 47.4 Å². The van der Waals surface area contributed by atoms with Gasteiger partial charge in [-0.05, 0) is 55.7 Å². The number of imidazole rings is 1. The Hall–Kier alpha value is -3.30. The number of aromatic amines is 1. The predicted molar refractivity (Wildman–Crippen MR) is 107 cm³/mol. The standard InChI is InChI=1S/C22H19F4N3O3/c23-13-4-6-14(7-5-13)29-12-21(32-20(29)30)10-2-1-3-16(21)19-27-17-9-8-15(11-18(17)28-19)31-22(24,25)26/h4-9,11,16H,1-3,10,12H2,(H,27,28). The van der Waals surface area contributed by atoms with E-state index >= 15 is 0 Å². The molecule has 0 bridgehead atoms. The maximum Gasteiger partial charge on any atom is 0.573 e. The molecular formula is C22H19F4N3O3. The van der Waals surface area contributed by atoms with Crippen LogP contribution >= 0.6 is 0 Å². The van der Waals surface area contributed by atoms with E-state index in [9.17, 15) is 22.4 Å². The van der Waals surface area contributed by atoms with Gasteiger partial charge in [-0.25, -0.2) is 14.2 Å². The predicted octanol–water partition coefficient (Wildman–Crippen LogP) is 5.65. The number of carbonyl (C=O) groups is 1. The third-order valence-electron chi connectivity index (χ3n) is 6.09. The van der Waals surface area contributed by atoms with Crippen molar-refractivity contribution in [3.63, 3.8) is 0 Å². The summed E-state index contributed by atoms with van der Waals surface area (Å²) < 4.78 is 60.9. The first-order valence-electron chi connectivity index (χ1n) is 10.2. The van der Waals surface area contributed by atoms with Crippen LogP contribution in [0.15, 0.2) is 42.5 Å². The molecule has 6 nitrogen and oxygen atoms in total. The molecule has 0 radical (unpaired) electrons. The first-order chi connectivity index (χ1) is 15.2. The Balaban J connectivity index is 1.46. The molecule has 2 aromatic carbocycles. The number of ether oxygens (including phenoxy) is 2. The lowest BCUT2D eigenvalue weighted by Gasteiger charge is -2.38. The minimum atomic E-state index is -4.79. The molecule has 32 heavy (non-hydrogen) atoms. The Morgan fingerprint density at radius 2 is 1.94 bits per heavy atom. The van der Waals surface area contributed by atoms with Gasteiger partial charge in [0, 0.05) is 11.8 Å². The molecule has 2 aliphatic rings. The molecule has 1 spiro atoms. The molecule has 5 rings (SSSR count). The van der Waals surface area contributed by atoms with E-state index < -0.39 is 23.9 Å². The zero-order valence-corrected chi connectivity index (χ0v) is 16.8. The second-order valence-electron chi connectivity index (χ2n) is 8.14. The highest BCUT2D eigenvalue weighted by atomic mass is 19.4. The first kappa shape index (κ1) is 20.6. The number of amides is 1. The lowest BCUT2D eigenvalue weighted by molar-refractivity contribution is -0.274. The molecule has 1 aliphatic carbocycles. The average molecular weight is 449 g/mol. The van der Waals surface area contributed by atoms with Gasteiger partial charge in [-0.3, -0.25) is 4.90 Å². The lowest BCUT2D eigenvalue weighted by Crippen LogP contribution is -2.43. The van der Waals surface area contributed by atoms with Gasteiger partial charge in [0.05, 0.1) is 23.5 Å². The largest absolute Gasteiger partial charge is 0.573 e. The van der Waals surface area contributed by atoms with Gasteiger partial charge in [-0.15, -0.1) is 13.2 Å². The van der Waals surface area contributed by atoms with E-state index in [2.05, 4.69) is 14.7 Å². The van der Waals surface area contributed by atoms with E-state index in [-0.39, 0.29) is 18.2 Å². The monoisotopic (exact) mass is 449 g/mol. The van der Waals surface area contributed by atoms with Crippen molar-refractivity contribution in [1.29, 1.82) is 0 Å². The minimum Gasteiger partial charge on any atom is -0.440 e. The summed E-state index contributed by atoms with van der Waals surface area (Å²) in [4.78, 5) is 21.9. The highest BCUT2D eigenvalue weighted by Crippen LogP contribution is 2.47. The van der Waals surface area contributed by atoms with Crippen molar-refractivity contribution in [2.75, 3.05) is 11.4 Å². The van der Waals surface area contributed by atoms with Crippen LogP contribution in [0.5, 0.6) is 5.75 Å². The number of carbonyl (C=O) groups excluding carboxylic acids is 1. The number of hydrogen-bond donors (Lipinski definition) is 1. The molecule has 1 aliphatic heterocycles. The van der Waals surface area contributed by atoms with Gasteiger partial charge in [-0.2, -0.15) is 0 Å². The first-order valence-corrected chi connectivity index (χ1v) is 10.2. The van der Waals surface area contributed by atoms with Gasteiger partial charge in [0.15, 0.2) is 0 Å². The SMILES string of the molecule is O=C1OC2(CCCCC2c2nc3ccc(OC(F)(F)F)cc3[nH]2)CN1c1ccc(F)cc1. The summed E-state index contributed by atoms with van der Waals surface area (Å²) in [6.45, 7) is 0.279. The molecule has 2 heterocycles. The Bertz CT molecular complexity index is 1160. The highest BCUT2D eigenvalue weighted by Gasteiger charge is 2.53. The number of anilines is 1. The second kappa shape index (κ2) is 7.39. The van der Waals surface area contributed by atoms with Crippen molar-refractivity contribution in [3.8, 4) is 5.75 Å². The molecule has 2 atom stereocenters. The molecular weight excluding hydrogens is 430 g/mol. The number of nitrogens with one attached hydrogen (secondary N) is 1. The lowest BCUT2D eigenvalue weighted by atomic mass is 9.74. The number of hydrogen-bond acceptors (Lipinski definition) is 4. The fourth-order valence-electron chi connectivity index (χ4n) is 4.69. The van der Waals surface area contributed by atoms with Gasteiger partial charge in [0.1, 0.15) is 23.0 Å². The quantitative estimate of drug-likeness (QED) is 0.525. The number of H-pyrrole nitrogens is 1. The van der Waals surface area contributed by atoms with Gasteiger partial charge in [0.25, 0.3) is 0 Å². The number of rotatable bonds is 3. The summed E-state index contributed by atoms with van der Waals surface area (Å²) in [5.74, 6) is -0.446. The number of fused-ring (bicyclic) bond motifs is 1. The van der Waals surface area contributed by atoms with Crippen molar-refractivity contribution in [1.82, 2.24) is 9.97 Å². The zero-order chi connectivity index (χ0) is 22.5. The Morgan fingerprint density at radius 1 is 1.16 bits per heavy atom. The topological polar surface area (TPSA) is 67.5 Å². The molecule has 2 fully saturated rings. The van der Waals surface area contributed by atoms with Crippen molar-refractivity contribution in [2.24, 2.45) is 0 Å². The van der Waals surface area contributed by atoms with E-state index in [1.54, 1.807) is 0 Å². The van der Waals surface area contributed by atoms with Crippen LogP contribution in [-0.4, -0.2) is 34.6 Å². The Kier molecular flexibility index (Phi) is 4.75. The van der Waals surface area contributed by atoms with Crippen LogP contribution in [0.1, 0.15) is 37.4 Å². The molecule has 1 saturated heterocycles. The van der Waals surface area contributed by atoms with Gasteiger partial charge in [-0.1, -0.05) is 6.42 Å². The number of halogens is 4. The van der Waals surface area contributed by atoms with Crippen LogP contribution < -0.4 is 9.64 Å². The third-order valence-corrected chi connectivity index (χ3v) is 6.09. The Morgan fingerprint density at radius 3 is 2.69 bits per heavy atom. The molecule has 2 unspecified atom stereocenters. The van der Waals surface area contributed by atoms with Gasteiger partial charge >= 0.3 is 12.5 Å². The Labute approximate surface area is 180 Å². The van der Waals surface area contributed by atoms with Gasteiger partial charge < -0.3 is 14.5 Å². The fourth-order valence-corrected chi connectivity index (χ4v) is 4.69. The van der Waals surface area contributed by atoms with Crippen molar-refractivity contribution >= 4 is 22.8 Å². The molecule has 3 aromatic rings. The summed E-state index contributed by atoms with van der Waals surface area (Å²) in [6.07, 6.45) is -2.20. The molecule has 1 N–H and O–H groups in total. The summed E-state index contributed by atoms with van der Waals surface area (Å²) in [6, 6.07) is 9.53. The van der Waals surface area contributed by atoms with Crippen LogP contribution in [0, 0.1) is 5.82 Å². The average Bonchev–Trinajstić information content (AvgIpc) is 3.28. The van der Waals surface area contributed by atoms with Crippen LogP contribution in [0.25, 0.3) is 11.0 Å². The van der Waals surface area contributed by atoms with E-state index in [0.29, 0.717) is 35.4 Å². The zero-order valence-electron chi connectivity index (χ0n) is 16.8. The van der Waals surface area contributed by atoms with Crippen molar-refractivity contribution < 1.29 is 31.8 Å². The maximum atomic E-state index is 13.3. The summed E-state index contributed by atoms with van der Waals surface area (Å²) in [5, 5.41) is 0. The number of alkyl halides is 3. The van der Waals surface area contributed by atoms with E-state index in [0.717, 1.165) is 12.8 Å². The van der Waals surface area contributed by atoms with Crippen LogP contribution in [0.3, 0.4) is 0 Å². The molecule has 1 saturated carbocycles. The third kappa shape index (κ3) is 3.74. The fraction of sp³-hybridized carbons (Fsp3) is 0.364. The normalized spacial score (nSPS) is 23.7. The van der Waals surface area contributed by atoms with Crippen LogP contribution in [0.2, 0.25) is 0 Å². The summed E-state index contributed by atoms with van der Waals surface area (Å²) in [7, 11) is 0. The van der Waals surface area contributed by atoms with Crippen molar-refractivity contribution in [3.05, 3.63) is 54.1 Å². The maximum absolute atomic E-state index is 13.3. The number of benzene rings is 2. The summed E-state index contributed by atoms with van der Waals surface area (Å²) >= 11 is 0. The highest BCUT2D eigenvalue weighted by molar-refractivity contribution is 5.90. The minimum absolute atomic E-state index is 0.259. The molecule has 1 aromatic heterocycles. The van der Waals surface area contributed by atoms with Crippen molar-refractivity contribution in [2.45, 2.75) is 43.6 Å².